The average molecular weight is 339 g/mol. The lowest BCUT2D eigenvalue weighted by atomic mass is 10.2. The van der Waals surface area contributed by atoms with Gasteiger partial charge in [-0.2, -0.15) is 0 Å². The van der Waals surface area contributed by atoms with Crippen LogP contribution in [0.2, 0.25) is 5.02 Å². The van der Waals surface area contributed by atoms with Crippen LogP contribution < -0.4 is 11.1 Å². The zero-order valence-corrected chi connectivity index (χ0v) is 11.2. The Morgan fingerprint density at radius 1 is 1.67 bits per heavy atom. The van der Waals surface area contributed by atoms with Gasteiger partial charge in [0, 0.05) is 16.2 Å². The minimum absolute atomic E-state index is 0.0496. The van der Waals surface area contributed by atoms with Gasteiger partial charge in [0.25, 0.3) is 5.91 Å². The van der Waals surface area contributed by atoms with Crippen molar-refractivity contribution in [3.05, 3.63) is 32.4 Å². The molecule has 5 heteroatoms. The number of rotatable bonds is 3. The first kappa shape index (κ1) is 12.7. The fraction of sp³-hybridized carbons (Fsp3) is 0.300. The highest BCUT2D eigenvalue weighted by molar-refractivity contribution is 14.1. The summed E-state index contributed by atoms with van der Waals surface area (Å²) in [6.07, 6.45) is 0. The third-order valence-electron chi connectivity index (χ3n) is 1.90. The summed E-state index contributed by atoms with van der Waals surface area (Å²) in [6, 6.07) is 5.27. The Kier molecular flexibility index (Phi) is 4.82. The summed E-state index contributed by atoms with van der Waals surface area (Å²) < 4.78 is 0.975. The lowest BCUT2D eigenvalue weighted by Gasteiger charge is -2.12. The molecule has 0 heterocycles. The Labute approximate surface area is 108 Å². The molecule has 15 heavy (non-hydrogen) atoms. The molecule has 82 valence electrons. The zero-order chi connectivity index (χ0) is 11.4. The Morgan fingerprint density at radius 3 is 2.93 bits per heavy atom. The van der Waals surface area contributed by atoms with E-state index in [1.807, 2.05) is 13.0 Å². The molecule has 1 aromatic carbocycles. The van der Waals surface area contributed by atoms with Crippen molar-refractivity contribution in [2.24, 2.45) is 5.73 Å². The molecule has 1 atom stereocenters. The number of halogens is 2. The number of carbonyl (C=O) groups excluding carboxylic acids is 1. The highest BCUT2D eigenvalue weighted by Crippen LogP contribution is 2.18. The highest BCUT2D eigenvalue weighted by atomic mass is 127. The van der Waals surface area contributed by atoms with Crippen LogP contribution in [0.25, 0.3) is 0 Å². The molecule has 0 aliphatic heterocycles. The van der Waals surface area contributed by atoms with E-state index in [9.17, 15) is 4.79 Å². The third-order valence-corrected chi connectivity index (χ3v) is 2.90. The molecule has 3 N–H and O–H groups in total. The quantitative estimate of drug-likeness (QED) is 0.829. The second kappa shape index (κ2) is 5.67. The van der Waals surface area contributed by atoms with Crippen molar-refractivity contribution in [1.29, 1.82) is 0 Å². The topological polar surface area (TPSA) is 55.1 Å². The van der Waals surface area contributed by atoms with E-state index in [4.69, 9.17) is 17.3 Å². The summed E-state index contributed by atoms with van der Waals surface area (Å²) in [5.41, 5.74) is 5.91. The van der Waals surface area contributed by atoms with Gasteiger partial charge in [-0.3, -0.25) is 4.79 Å². The number of hydrogen-bond acceptors (Lipinski definition) is 2. The largest absolute Gasteiger partial charge is 0.348 e. The van der Waals surface area contributed by atoms with Crippen molar-refractivity contribution in [2.75, 3.05) is 6.54 Å². The van der Waals surface area contributed by atoms with E-state index in [0.29, 0.717) is 17.1 Å². The number of nitrogens with two attached hydrogens (primary N) is 1. The standard InChI is InChI=1S/C10H12ClIN2O/c1-6(5-13)14-10(15)8-4-7(12)2-3-9(8)11/h2-4,6H,5,13H2,1H3,(H,14,15)/t6-/m0/s1. The van der Waals surface area contributed by atoms with E-state index in [2.05, 4.69) is 27.9 Å². The van der Waals surface area contributed by atoms with Crippen LogP contribution in [0, 0.1) is 3.57 Å². The van der Waals surface area contributed by atoms with E-state index in [0.717, 1.165) is 3.57 Å². The summed E-state index contributed by atoms with van der Waals surface area (Å²) in [5, 5.41) is 3.22. The van der Waals surface area contributed by atoms with Crippen molar-refractivity contribution in [3.8, 4) is 0 Å². The number of hydrogen-bond donors (Lipinski definition) is 2. The highest BCUT2D eigenvalue weighted by Gasteiger charge is 2.12. The molecular weight excluding hydrogens is 326 g/mol. The monoisotopic (exact) mass is 338 g/mol. The van der Waals surface area contributed by atoms with Gasteiger partial charge >= 0.3 is 0 Å². The molecule has 0 bridgehead atoms. The molecule has 1 amide bonds. The number of carbonyl (C=O) groups is 1. The molecule has 1 rings (SSSR count). The summed E-state index contributed by atoms with van der Waals surface area (Å²) in [5.74, 6) is -0.184. The molecule has 0 spiro atoms. The lowest BCUT2D eigenvalue weighted by Crippen LogP contribution is -2.37. The van der Waals surface area contributed by atoms with Crippen LogP contribution >= 0.6 is 34.2 Å². The Hall–Kier alpha value is -0.330. The van der Waals surface area contributed by atoms with Gasteiger partial charge in [0.2, 0.25) is 0 Å². The maximum absolute atomic E-state index is 11.7. The fourth-order valence-electron chi connectivity index (χ4n) is 1.03. The molecule has 0 aliphatic rings. The van der Waals surface area contributed by atoms with Gasteiger partial charge in [0.15, 0.2) is 0 Å². The number of nitrogens with one attached hydrogen (secondary N) is 1. The van der Waals surface area contributed by atoms with Crippen molar-refractivity contribution in [3.63, 3.8) is 0 Å². The first-order valence-electron chi connectivity index (χ1n) is 4.50. The first-order chi connectivity index (χ1) is 7.04. The van der Waals surface area contributed by atoms with Crippen LogP contribution in [0.3, 0.4) is 0 Å². The van der Waals surface area contributed by atoms with E-state index in [1.165, 1.54) is 0 Å². The minimum Gasteiger partial charge on any atom is -0.348 e. The van der Waals surface area contributed by atoms with Crippen LogP contribution in [-0.2, 0) is 0 Å². The second-order valence-corrected chi connectivity index (χ2v) is 4.89. The van der Waals surface area contributed by atoms with Crippen LogP contribution in [-0.4, -0.2) is 18.5 Å². The first-order valence-corrected chi connectivity index (χ1v) is 5.96. The molecule has 1 aromatic rings. The van der Waals surface area contributed by atoms with Crippen LogP contribution in [0.5, 0.6) is 0 Å². The van der Waals surface area contributed by atoms with Gasteiger partial charge in [-0.15, -0.1) is 0 Å². The Bertz CT molecular complexity index is 370. The molecule has 0 saturated heterocycles. The number of benzene rings is 1. The van der Waals surface area contributed by atoms with Gasteiger partial charge in [-0.25, -0.2) is 0 Å². The minimum atomic E-state index is -0.184. The van der Waals surface area contributed by atoms with Crippen LogP contribution in [0.15, 0.2) is 18.2 Å². The van der Waals surface area contributed by atoms with Gasteiger partial charge in [0.05, 0.1) is 10.6 Å². The lowest BCUT2D eigenvalue weighted by molar-refractivity contribution is 0.0941. The molecular formula is C10H12ClIN2O. The van der Waals surface area contributed by atoms with Crippen molar-refractivity contribution in [1.82, 2.24) is 5.32 Å². The summed E-state index contributed by atoms with van der Waals surface area (Å²) >= 11 is 8.06. The normalized spacial score (nSPS) is 12.3. The maximum Gasteiger partial charge on any atom is 0.253 e. The SMILES string of the molecule is C[C@@H](CN)NC(=O)c1cc(I)ccc1Cl. The van der Waals surface area contributed by atoms with Crippen molar-refractivity contribution < 1.29 is 4.79 Å². The predicted octanol–water partition coefficient (Wildman–Crippen LogP) is 2.02. The van der Waals surface area contributed by atoms with Gasteiger partial charge in [0.1, 0.15) is 0 Å². The van der Waals surface area contributed by atoms with E-state index < -0.39 is 0 Å². The smallest absolute Gasteiger partial charge is 0.253 e. The molecule has 0 aromatic heterocycles. The van der Waals surface area contributed by atoms with E-state index >= 15 is 0 Å². The van der Waals surface area contributed by atoms with Crippen molar-refractivity contribution in [2.45, 2.75) is 13.0 Å². The van der Waals surface area contributed by atoms with Crippen LogP contribution in [0.1, 0.15) is 17.3 Å². The number of amides is 1. The summed E-state index contributed by atoms with van der Waals surface area (Å²) in [4.78, 5) is 11.7. The molecule has 0 aliphatic carbocycles. The second-order valence-electron chi connectivity index (χ2n) is 3.23. The van der Waals surface area contributed by atoms with Crippen LogP contribution in [0.4, 0.5) is 0 Å². The molecule has 0 radical (unpaired) electrons. The average Bonchev–Trinajstić information content (AvgIpc) is 2.21. The molecule has 0 saturated carbocycles. The van der Waals surface area contributed by atoms with Gasteiger partial charge in [-0.1, -0.05) is 11.6 Å². The van der Waals surface area contributed by atoms with E-state index in [1.54, 1.807) is 12.1 Å². The molecule has 0 unspecified atom stereocenters. The van der Waals surface area contributed by atoms with E-state index in [-0.39, 0.29) is 11.9 Å². The van der Waals surface area contributed by atoms with Gasteiger partial charge < -0.3 is 11.1 Å². The van der Waals surface area contributed by atoms with Crippen molar-refractivity contribution >= 4 is 40.1 Å². The maximum atomic E-state index is 11.7. The fourth-order valence-corrected chi connectivity index (χ4v) is 1.73. The molecule has 3 nitrogen and oxygen atoms in total. The Balaban J connectivity index is 2.86. The van der Waals surface area contributed by atoms with Gasteiger partial charge in [-0.05, 0) is 47.7 Å². The predicted molar refractivity (Wildman–Crippen MR) is 70.2 cm³/mol. The summed E-state index contributed by atoms with van der Waals surface area (Å²) in [6.45, 7) is 2.26. The molecule has 0 fully saturated rings. The summed E-state index contributed by atoms with van der Waals surface area (Å²) in [7, 11) is 0. The third kappa shape index (κ3) is 3.62. The Morgan fingerprint density at radius 2 is 2.33 bits per heavy atom. The zero-order valence-electron chi connectivity index (χ0n) is 8.26.